The van der Waals surface area contributed by atoms with Gasteiger partial charge in [0.15, 0.2) is 5.82 Å². The number of benzene rings is 1. The number of nitrogens with zero attached hydrogens (tertiary/aromatic N) is 5. The van der Waals surface area contributed by atoms with Crippen LogP contribution in [0.5, 0.6) is 0 Å². The Labute approximate surface area is 128 Å². The lowest BCUT2D eigenvalue weighted by Crippen LogP contribution is -2.08. The standard InChI is InChI=1S/C15H19N5S/c1-10(2)8-13-16-17-15-20(13)18-14(21-15)11-6-5-7-12(9-11)19(3)4/h5-7,9-10H,8H2,1-4H3. The zero-order chi connectivity index (χ0) is 15.0. The minimum absolute atomic E-state index is 0.541. The maximum Gasteiger partial charge on any atom is 0.234 e. The third-order valence-electron chi connectivity index (χ3n) is 3.26. The summed E-state index contributed by atoms with van der Waals surface area (Å²) in [6, 6.07) is 8.38. The molecule has 6 heteroatoms. The monoisotopic (exact) mass is 301 g/mol. The van der Waals surface area contributed by atoms with Gasteiger partial charge in [-0.1, -0.05) is 37.3 Å². The van der Waals surface area contributed by atoms with Crippen LogP contribution in [0.25, 0.3) is 15.5 Å². The highest BCUT2D eigenvalue weighted by Gasteiger charge is 2.14. The molecule has 0 N–H and O–H groups in total. The molecule has 21 heavy (non-hydrogen) atoms. The average molecular weight is 301 g/mol. The summed E-state index contributed by atoms with van der Waals surface area (Å²) in [5.74, 6) is 1.48. The molecule has 1 aromatic carbocycles. The van der Waals surface area contributed by atoms with Gasteiger partial charge in [-0.05, 0) is 18.1 Å². The molecule has 0 amide bonds. The fraction of sp³-hybridized carbons (Fsp3) is 0.400. The predicted octanol–water partition coefficient (Wildman–Crippen LogP) is 3.12. The fourth-order valence-electron chi connectivity index (χ4n) is 2.18. The average Bonchev–Trinajstić information content (AvgIpc) is 3.00. The Bertz CT molecular complexity index is 756. The van der Waals surface area contributed by atoms with Crippen molar-refractivity contribution in [2.75, 3.05) is 19.0 Å². The fourth-order valence-corrected chi connectivity index (χ4v) is 3.04. The highest BCUT2D eigenvalue weighted by atomic mass is 32.1. The Kier molecular flexibility index (Phi) is 3.63. The van der Waals surface area contributed by atoms with Gasteiger partial charge in [0.05, 0.1) is 0 Å². The van der Waals surface area contributed by atoms with E-state index in [-0.39, 0.29) is 0 Å². The Balaban J connectivity index is 2.01. The molecule has 0 aliphatic rings. The van der Waals surface area contributed by atoms with Crippen molar-refractivity contribution in [1.29, 1.82) is 0 Å². The molecule has 3 aromatic rings. The highest BCUT2D eigenvalue weighted by Crippen LogP contribution is 2.28. The molecule has 0 atom stereocenters. The minimum atomic E-state index is 0.541. The summed E-state index contributed by atoms with van der Waals surface area (Å²) in [5.41, 5.74) is 2.29. The van der Waals surface area contributed by atoms with Crippen molar-refractivity contribution in [3.8, 4) is 10.6 Å². The van der Waals surface area contributed by atoms with Gasteiger partial charge in [0.2, 0.25) is 4.96 Å². The second kappa shape index (κ2) is 5.44. The van der Waals surface area contributed by atoms with Gasteiger partial charge >= 0.3 is 0 Å². The van der Waals surface area contributed by atoms with E-state index in [1.807, 2.05) is 18.6 Å². The van der Waals surface area contributed by atoms with E-state index in [4.69, 9.17) is 0 Å². The molecule has 0 aliphatic carbocycles. The Morgan fingerprint density at radius 3 is 2.76 bits per heavy atom. The Hall–Kier alpha value is -1.95. The molecule has 2 aromatic heterocycles. The van der Waals surface area contributed by atoms with E-state index >= 15 is 0 Å². The molecule has 0 spiro atoms. The first-order valence-electron chi connectivity index (χ1n) is 7.03. The smallest absolute Gasteiger partial charge is 0.234 e. The maximum atomic E-state index is 4.69. The van der Waals surface area contributed by atoms with Gasteiger partial charge in [-0.2, -0.15) is 9.61 Å². The molecular formula is C15H19N5S. The quantitative estimate of drug-likeness (QED) is 0.743. The molecule has 0 radical (unpaired) electrons. The molecule has 5 nitrogen and oxygen atoms in total. The van der Waals surface area contributed by atoms with E-state index < -0.39 is 0 Å². The molecule has 3 rings (SSSR count). The van der Waals surface area contributed by atoms with Crippen LogP contribution >= 0.6 is 11.3 Å². The van der Waals surface area contributed by atoms with Crippen LogP contribution in [0.4, 0.5) is 5.69 Å². The Morgan fingerprint density at radius 2 is 2.05 bits per heavy atom. The SMILES string of the molecule is CC(C)Cc1nnc2sc(-c3cccc(N(C)C)c3)nn12. The lowest BCUT2D eigenvalue weighted by atomic mass is 10.1. The molecule has 0 fully saturated rings. The second-order valence-corrected chi connectivity index (χ2v) is 6.72. The minimum Gasteiger partial charge on any atom is -0.378 e. The van der Waals surface area contributed by atoms with E-state index in [1.54, 1.807) is 11.3 Å². The van der Waals surface area contributed by atoms with Crippen molar-refractivity contribution in [2.45, 2.75) is 20.3 Å². The summed E-state index contributed by atoms with van der Waals surface area (Å²) in [7, 11) is 4.08. The molecule has 110 valence electrons. The van der Waals surface area contributed by atoms with Crippen LogP contribution < -0.4 is 4.90 Å². The van der Waals surface area contributed by atoms with Crippen molar-refractivity contribution >= 4 is 22.0 Å². The summed E-state index contributed by atoms with van der Waals surface area (Å²) in [4.78, 5) is 2.95. The highest BCUT2D eigenvalue weighted by molar-refractivity contribution is 7.19. The van der Waals surface area contributed by atoms with Crippen LogP contribution in [0.15, 0.2) is 24.3 Å². The Morgan fingerprint density at radius 1 is 1.24 bits per heavy atom. The van der Waals surface area contributed by atoms with Crippen LogP contribution in [0.3, 0.4) is 0 Å². The summed E-state index contributed by atoms with van der Waals surface area (Å²) >= 11 is 1.58. The number of hydrogen-bond donors (Lipinski definition) is 0. The van der Waals surface area contributed by atoms with Gasteiger partial charge in [-0.25, -0.2) is 0 Å². The van der Waals surface area contributed by atoms with Crippen molar-refractivity contribution in [3.05, 3.63) is 30.1 Å². The molecule has 0 saturated carbocycles. The summed E-state index contributed by atoms with van der Waals surface area (Å²) in [5, 5.41) is 14.1. The van der Waals surface area contributed by atoms with Crippen molar-refractivity contribution in [3.63, 3.8) is 0 Å². The van der Waals surface area contributed by atoms with E-state index in [9.17, 15) is 0 Å². The van der Waals surface area contributed by atoms with Crippen LogP contribution in [-0.2, 0) is 6.42 Å². The molecule has 0 unspecified atom stereocenters. The first-order valence-corrected chi connectivity index (χ1v) is 7.85. The second-order valence-electron chi connectivity index (χ2n) is 5.76. The first kappa shape index (κ1) is 14.0. The number of anilines is 1. The van der Waals surface area contributed by atoms with Gasteiger partial charge in [0, 0.05) is 31.8 Å². The number of aromatic nitrogens is 4. The van der Waals surface area contributed by atoms with Crippen LogP contribution in [0, 0.1) is 5.92 Å². The summed E-state index contributed by atoms with van der Waals surface area (Å²) < 4.78 is 1.88. The van der Waals surface area contributed by atoms with E-state index in [1.165, 1.54) is 5.69 Å². The molecule has 0 aliphatic heterocycles. The number of rotatable bonds is 4. The third kappa shape index (κ3) is 2.76. The van der Waals surface area contributed by atoms with Crippen molar-refractivity contribution < 1.29 is 0 Å². The molecule has 0 bridgehead atoms. The lowest BCUT2D eigenvalue weighted by Gasteiger charge is -2.12. The maximum absolute atomic E-state index is 4.69. The predicted molar refractivity (Wildman–Crippen MR) is 87.0 cm³/mol. The van der Waals surface area contributed by atoms with Gasteiger partial charge in [0.25, 0.3) is 0 Å². The van der Waals surface area contributed by atoms with Gasteiger partial charge in [-0.3, -0.25) is 0 Å². The van der Waals surface area contributed by atoms with E-state index in [0.29, 0.717) is 5.92 Å². The van der Waals surface area contributed by atoms with Crippen molar-refractivity contribution in [1.82, 2.24) is 19.8 Å². The van der Waals surface area contributed by atoms with Gasteiger partial charge in [-0.15, -0.1) is 10.2 Å². The molecule has 0 saturated heterocycles. The molecule has 2 heterocycles. The topological polar surface area (TPSA) is 46.3 Å². The number of hydrogen-bond acceptors (Lipinski definition) is 5. The zero-order valence-electron chi connectivity index (χ0n) is 12.7. The van der Waals surface area contributed by atoms with Crippen LogP contribution in [-0.4, -0.2) is 33.9 Å². The third-order valence-corrected chi connectivity index (χ3v) is 4.20. The van der Waals surface area contributed by atoms with E-state index in [2.05, 4.69) is 58.3 Å². The lowest BCUT2D eigenvalue weighted by molar-refractivity contribution is 0.607. The van der Waals surface area contributed by atoms with E-state index in [0.717, 1.165) is 27.8 Å². The number of fused-ring (bicyclic) bond motifs is 1. The van der Waals surface area contributed by atoms with Crippen molar-refractivity contribution in [2.24, 2.45) is 5.92 Å². The largest absolute Gasteiger partial charge is 0.378 e. The first-order chi connectivity index (χ1) is 10.0. The van der Waals surface area contributed by atoms with Gasteiger partial charge < -0.3 is 4.90 Å². The summed E-state index contributed by atoms with van der Waals surface area (Å²) in [6.45, 7) is 4.35. The zero-order valence-corrected chi connectivity index (χ0v) is 13.6. The normalized spacial score (nSPS) is 11.5. The summed E-state index contributed by atoms with van der Waals surface area (Å²) in [6.07, 6.45) is 0.891. The van der Waals surface area contributed by atoms with Gasteiger partial charge in [0.1, 0.15) is 5.01 Å². The van der Waals surface area contributed by atoms with Crippen LogP contribution in [0.2, 0.25) is 0 Å². The molecular weight excluding hydrogens is 282 g/mol. The van der Waals surface area contributed by atoms with Crippen LogP contribution in [0.1, 0.15) is 19.7 Å².